The van der Waals surface area contributed by atoms with Crippen LogP contribution in [0.3, 0.4) is 0 Å². The van der Waals surface area contributed by atoms with Gasteiger partial charge in [-0.05, 0) is 42.1 Å². The van der Waals surface area contributed by atoms with Gasteiger partial charge in [-0.2, -0.15) is 0 Å². The lowest BCUT2D eigenvalue weighted by molar-refractivity contribution is -0.115. The molecule has 0 aromatic heterocycles. The molecule has 2 fully saturated rings. The maximum Gasteiger partial charge on any atom is 0.156 e. The summed E-state index contributed by atoms with van der Waals surface area (Å²) in [4.78, 5) is 11.4. The van der Waals surface area contributed by atoms with Crippen molar-refractivity contribution in [3.05, 3.63) is 11.6 Å². The van der Waals surface area contributed by atoms with Crippen LogP contribution in [0.2, 0.25) is 0 Å². The Kier molecular flexibility index (Phi) is 1.15. The van der Waals surface area contributed by atoms with E-state index in [1.165, 1.54) is 24.8 Å². The van der Waals surface area contributed by atoms with Crippen molar-refractivity contribution in [2.24, 2.45) is 16.7 Å². The summed E-state index contributed by atoms with van der Waals surface area (Å²) in [6.45, 7) is 4.63. The molecular formula is C12H16O. The molecule has 0 radical (unpaired) electrons. The van der Waals surface area contributed by atoms with E-state index in [4.69, 9.17) is 0 Å². The van der Waals surface area contributed by atoms with Gasteiger partial charge in [0.2, 0.25) is 0 Å². The minimum atomic E-state index is 0.249. The Hall–Kier alpha value is -0.590. The number of carbonyl (C=O) groups excluding carboxylic acids is 1. The van der Waals surface area contributed by atoms with Crippen molar-refractivity contribution in [3.63, 3.8) is 0 Å². The van der Waals surface area contributed by atoms with Gasteiger partial charge in [-0.3, -0.25) is 4.79 Å². The van der Waals surface area contributed by atoms with Crippen molar-refractivity contribution < 1.29 is 4.79 Å². The molecule has 3 rings (SSSR count). The van der Waals surface area contributed by atoms with Crippen molar-refractivity contribution >= 4 is 5.78 Å². The molecule has 0 aromatic rings. The third-order valence-corrected chi connectivity index (χ3v) is 4.59. The zero-order chi connectivity index (χ0) is 9.27. The lowest BCUT2D eigenvalue weighted by Gasteiger charge is -2.36. The Morgan fingerprint density at radius 2 is 2.23 bits per heavy atom. The van der Waals surface area contributed by atoms with E-state index in [0.717, 1.165) is 12.3 Å². The summed E-state index contributed by atoms with van der Waals surface area (Å²) in [7, 11) is 0. The Bertz CT molecular complexity index is 328. The fourth-order valence-electron chi connectivity index (χ4n) is 3.64. The highest BCUT2D eigenvalue weighted by Gasteiger charge is 2.61. The summed E-state index contributed by atoms with van der Waals surface area (Å²) in [5, 5.41) is 0. The molecule has 0 amide bonds. The molecule has 0 saturated heterocycles. The van der Waals surface area contributed by atoms with Gasteiger partial charge in [0.15, 0.2) is 5.78 Å². The second-order valence-electron chi connectivity index (χ2n) is 5.62. The first-order chi connectivity index (χ1) is 6.05. The summed E-state index contributed by atoms with van der Waals surface area (Å²) in [6.07, 6.45) is 6.66. The van der Waals surface area contributed by atoms with Crippen LogP contribution >= 0.6 is 0 Å². The van der Waals surface area contributed by atoms with Crippen molar-refractivity contribution in [1.82, 2.24) is 0 Å². The molecule has 70 valence electrons. The smallest absolute Gasteiger partial charge is 0.156 e. The molecule has 1 nitrogen and oxygen atoms in total. The van der Waals surface area contributed by atoms with Gasteiger partial charge in [0, 0.05) is 6.42 Å². The molecule has 0 unspecified atom stereocenters. The minimum absolute atomic E-state index is 0.249. The predicted molar refractivity (Wildman–Crippen MR) is 51.3 cm³/mol. The highest BCUT2D eigenvalue weighted by atomic mass is 16.1. The van der Waals surface area contributed by atoms with E-state index < -0.39 is 0 Å². The highest BCUT2D eigenvalue weighted by Crippen LogP contribution is 2.70. The van der Waals surface area contributed by atoms with Crippen LogP contribution in [0.15, 0.2) is 11.6 Å². The fraction of sp³-hybridized carbons (Fsp3) is 0.750. The zero-order valence-corrected chi connectivity index (χ0v) is 8.39. The van der Waals surface area contributed by atoms with E-state index in [0.29, 0.717) is 11.2 Å². The predicted octanol–water partition coefficient (Wildman–Crippen LogP) is 2.71. The van der Waals surface area contributed by atoms with Gasteiger partial charge in [0.25, 0.3) is 0 Å². The third kappa shape index (κ3) is 0.806. The van der Waals surface area contributed by atoms with E-state index in [9.17, 15) is 4.79 Å². The molecule has 0 heterocycles. The number of allylic oxidation sites excluding steroid dienone is 2. The molecule has 0 N–H and O–H groups in total. The van der Waals surface area contributed by atoms with Crippen LogP contribution in [0.5, 0.6) is 0 Å². The highest BCUT2D eigenvalue weighted by molar-refractivity contribution is 5.95. The van der Waals surface area contributed by atoms with E-state index in [2.05, 4.69) is 13.8 Å². The molecule has 0 bridgehead atoms. The van der Waals surface area contributed by atoms with Gasteiger partial charge in [-0.15, -0.1) is 0 Å². The molecule has 3 aliphatic rings. The lowest BCUT2D eigenvalue weighted by atomic mass is 9.68. The SMILES string of the molecule is C[C@@]12CC[C@@H]3C[C@]3(C)C1=CC(=O)C2. The van der Waals surface area contributed by atoms with Crippen LogP contribution in [0.4, 0.5) is 0 Å². The maximum atomic E-state index is 11.4. The first-order valence-electron chi connectivity index (χ1n) is 5.30. The first-order valence-corrected chi connectivity index (χ1v) is 5.30. The van der Waals surface area contributed by atoms with Gasteiger partial charge in [-0.1, -0.05) is 19.4 Å². The van der Waals surface area contributed by atoms with Gasteiger partial charge in [0.05, 0.1) is 0 Å². The Morgan fingerprint density at radius 1 is 1.46 bits per heavy atom. The molecule has 3 atom stereocenters. The second-order valence-corrected chi connectivity index (χ2v) is 5.62. The van der Waals surface area contributed by atoms with Crippen LogP contribution in [-0.4, -0.2) is 5.78 Å². The number of fused-ring (bicyclic) bond motifs is 3. The Labute approximate surface area is 79.2 Å². The number of hydrogen-bond acceptors (Lipinski definition) is 1. The van der Waals surface area contributed by atoms with Crippen LogP contribution in [0.25, 0.3) is 0 Å². The first kappa shape index (κ1) is 7.78. The van der Waals surface area contributed by atoms with Crippen LogP contribution in [0, 0.1) is 16.7 Å². The summed E-state index contributed by atoms with van der Waals surface area (Å²) in [5.41, 5.74) is 2.17. The largest absolute Gasteiger partial charge is 0.295 e. The van der Waals surface area contributed by atoms with Gasteiger partial charge < -0.3 is 0 Å². The second kappa shape index (κ2) is 1.92. The summed E-state index contributed by atoms with van der Waals surface area (Å²) in [5.74, 6) is 1.27. The van der Waals surface area contributed by atoms with E-state index in [1.807, 2.05) is 6.08 Å². The maximum absolute atomic E-state index is 11.4. The molecule has 2 saturated carbocycles. The van der Waals surface area contributed by atoms with Crippen LogP contribution in [0.1, 0.15) is 39.5 Å². The van der Waals surface area contributed by atoms with Gasteiger partial charge in [-0.25, -0.2) is 0 Å². The monoisotopic (exact) mass is 176 g/mol. The molecular weight excluding hydrogens is 160 g/mol. The van der Waals surface area contributed by atoms with E-state index in [-0.39, 0.29) is 5.41 Å². The van der Waals surface area contributed by atoms with Crippen molar-refractivity contribution in [1.29, 1.82) is 0 Å². The molecule has 13 heavy (non-hydrogen) atoms. The Morgan fingerprint density at radius 3 is 3.00 bits per heavy atom. The van der Waals surface area contributed by atoms with Crippen LogP contribution in [-0.2, 0) is 4.79 Å². The number of carbonyl (C=O) groups is 1. The third-order valence-electron chi connectivity index (χ3n) is 4.59. The number of ketones is 1. The zero-order valence-electron chi connectivity index (χ0n) is 8.39. The quantitative estimate of drug-likeness (QED) is 0.554. The average Bonchev–Trinajstić information content (AvgIpc) is 2.60. The van der Waals surface area contributed by atoms with Crippen molar-refractivity contribution in [2.45, 2.75) is 39.5 Å². The van der Waals surface area contributed by atoms with Crippen molar-refractivity contribution in [2.75, 3.05) is 0 Å². The Balaban J connectivity index is 2.09. The summed E-state index contributed by atoms with van der Waals surface area (Å²) in [6, 6.07) is 0. The minimum Gasteiger partial charge on any atom is -0.295 e. The molecule has 0 spiro atoms. The molecule has 3 aliphatic carbocycles. The van der Waals surface area contributed by atoms with Gasteiger partial charge in [0.1, 0.15) is 0 Å². The normalized spacial score (nSPS) is 52.6. The lowest BCUT2D eigenvalue weighted by Crippen LogP contribution is -2.26. The van der Waals surface area contributed by atoms with Crippen LogP contribution < -0.4 is 0 Å². The molecule has 1 heteroatoms. The molecule has 0 aliphatic heterocycles. The number of hydrogen-bond donors (Lipinski definition) is 0. The topological polar surface area (TPSA) is 17.1 Å². The standard InChI is InChI=1S/C12H16O/c1-11-4-3-8-6-12(8,2)10(11)5-9(13)7-11/h5,8H,3-4,6-7H2,1-2H3/t8-,11+,12+/m1/s1. The van der Waals surface area contributed by atoms with Gasteiger partial charge >= 0.3 is 0 Å². The molecule has 0 aromatic carbocycles. The van der Waals surface area contributed by atoms with E-state index in [1.54, 1.807) is 0 Å². The van der Waals surface area contributed by atoms with Crippen molar-refractivity contribution in [3.8, 4) is 0 Å². The summed E-state index contributed by atoms with van der Waals surface area (Å²) < 4.78 is 0. The van der Waals surface area contributed by atoms with E-state index >= 15 is 0 Å². The summed E-state index contributed by atoms with van der Waals surface area (Å²) >= 11 is 0. The fourth-order valence-corrected chi connectivity index (χ4v) is 3.64. The average molecular weight is 176 g/mol. The number of rotatable bonds is 0.